The number of carbonyl (C=O) groups is 1. The van der Waals surface area contributed by atoms with Gasteiger partial charge in [-0.1, -0.05) is 49.1 Å². The van der Waals surface area contributed by atoms with Crippen LogP contribution in [0.2, 0.25) is 0 Å². The fraction of sp³-hybridized carbons (Fsp3) is 0.565. The summed E-state index contributed by atoms with van der Waals surface area (Å²) >= 11 is 0. The van der Waals surface area contributed by atoms with Crippen LogP contribution >= 0.6 is 0 Å². The normalized spacial score (nSPS) is 22.6. The molecule has 144 valence electrons. The van der Waals surface area contributed by atoms with Gasteiger partial charge in [0.1, 0.15) is 0 Å². The van der Waals surface area contributed by atoms with Crippen LogP contribution in [0, 0.1) is 32.6 Å². The van der Waals surface area contributed by atoms with Gasteiger partial charge in [0.15, 0.2) is 0 Å². The first kappa shape index (κ1) is 18.3. The third-order valence-corrected chi connectivity index (χ3v) is 6.63. The molecule has 1 aliphatic heterocycles. The van der Waals surface area contributed by atoms with Crippen molar-refractivity contribution in [3.8, 4) is 0 Å². The SMILES string of the molecule is Cc1ccc(Cn2nc(C)c(C(=O)N3CC[C@@H]4CCCC[C@@H]4C3)c2C)cc1. The quantitative estimate of drug-likeness (QED) is 0.803. The number of hydrogen-bond acceptors (Lipinski definition) is 2. The van der Waals surface area contributed by atoms with Gasteiger partial charge in [0.2, 0.25) is 0 Å². The Hall–Kier alpha value is -2.10. The van der Waals surface area contributed by atoms with Crippen LogP contribution in [0.1, 0.15) is 65.0 Å². The van der Waals surface area contributed by atoms with E-state index < -0.39 is 0 Å². The van der Waals surface area contributed by atoms with Gasteiger partial charge < -0.3 is 4.90 Å². The zero-order chi connectivity index (χ0) is 19.0. The summed E-state index contributed by atoms with van der Waals surface area (Å²) in [6.45, 7) is 8.66. The van der Waals surface area contributed by atoms with E-state index in [-0.39, 0.29) is 5.91 Å². The van der Waals surface area contributed by atoms with Gasteiger partial charge in [-0.25, -0.2) is 0 Å². The molecule has 0 N–H and O–H groups in total. The van der Waals surface area contributed by atoms with E-state index in [9.17, 15) is 4.79 Å². The molecule has 0 unspecified atom stereocenters. The summed E-state index contributed by atoms with van der Waals surface area (Å²) in [6, 6.07) is 8.53. The van der Waals surface area contributed by atoms with E-state index in [1.165, 1.54) is 43.2 Å². The molecule has 2 fully saturated rings. The zero-order valence-electron chi connectivity index (χ0n) is 16.9. The molecule has 1 amide bonds. The van der Waals surface area contributed by atoms with Crippen molar-refractivity contribution in [1.29, 1.82) is 0 Å². The van der Waals surface area contributed by atoms with Crippen LogP contribution in [0.5, 0.6) is 0 Å². The molecule has 0 spiro atoms. The Morgan fingerprint density at radius 2 is 1.74 bits per heavy atom. The topological polar surface area (TPSA) is 38.1 Å². The highest BCUT2D eigenvalue weighted by Gasteiger charge is 2.34. The number of aromatic nitrogens is 2. The molecular formula is C23H31N3O. The Bertz CT molecular complexity index is 821. The van der Waals surface area contributed by atoms with Gasteiger partial charge in [0.25, 0.3) is 5.91 Å². The van der Waals surface area contributed by atoms with Crippen LogP contribution < -0.4 is 0 Å². The van der Waals surface area contributed by atoms with Gasteiger partial charge in [-0.15, -0.1) is 0 Å². The minimum Gasteiger partial charge on any atom is -0.338 e. The molecular weight excluding hydrogens is 334 g/mol. The third kappa shape index (κ3) is 3.67. The predicted octanol–water partition coefficient (Wildman–Crippen LogP) is 4.51. The molecule has 2 atom stereocenters. The smallest absolute Gasteiger partial charge is 0.257 e. The lowest BCUT2D eigenvalue weighted by Gasteiger charge is -2.41. The number of aryl methyl sites for hydroxylation is 2. The molecule has 2 aromatic rings. The first-order valence-corrected chi connectivity index (χ1v) is 10.4. The monoisotopic (exact) mass is 365 g/mol. The van der Waals surface area contributed by atoms with Crippen molar-refractivity contribution >= 4 is 5.91 Å². The number of amides is 1. The molecule has 2 aliphatic rings. The molecule has 1 aliphatic carbocycles. The Morgan fingerprint density at radius 1 is 1.04 bits per heavy atom. The summed E-state index contributed by atoms with van der Waals surface area (Å²) in [5.74, 6) is 1.73. The minimum atomic E-state index is 0.184. The second-order valence-electron chi connectivity index (χ2n) is 8.53. The van der Waals surface area contributed by atoms with Gasteiger partial charge in [-0.05, 0) is 51.0 Å². The maximum atomic E-state index is 13.3. The second kappa shape index (κ2) is 7.49. The minimum absolute atomic E-state index is 0.184. The molecule has 4 nitrogen and oxygen atoms in total. The van der Waals surface area contributed by atoms with E-state index in [4.69, 9.17) is 5.10 Å². The van der Waals surface area contributed by atoms with Crippen LogP contribution in [0.15, 0.2) is 24.3 Å². The van der Waals surface area contributed by atoms with Gasteiger partial charge in [-0.2, -0.15) is 5.10 Å². The fourth-order valence-corrected chi connectivity index (χ4v) is 4.97. The molecule has 0 radical (unpaired) electrons. The van der Waals surface area contributed by atoms with Gasteiger partial charge in [-0.3, -0.25) is 9.48 Å². The lowest BCUT2D eigenvalue weighted by Crippen LogP contribution is -2.45. The highest BCUT2D eigenvalue weighted by Crippen LogP contribution is 2.36. The van der Waals surface area contributed by atoms with E-state index >= 15 is 0 Å². The Balaban J connectivity index is 1.52. The van der Waals surface area contributed by atoms with Crippen molar-refractivity contribution in [2.75, 3.05) is 13.1 Å². The number of hydrogen-bond donors (Lipinski definition) is 0. The van der Waals surface area contributed by atoms with Crippen molar-refractivity contribution in [3.63, 3.8) is 0 Å². The van der Waals surface area contributed by atoms with E-state index in [1.807, 2.05) is 18.5 Å². The van der Waals surface area contributed by atoms with Crippen molar-refractivity contribution in [2.45, 2.75) is 59.4 Å². The molecule has 1 aromatic carbocycles. The second-order valence-corrected chi connectivity index (χ2v) is 8.53. The van der Waals surface area contributed by atoms with Crippen LogP contribution in [0.25, 0.3) is 0 Å². The van der Waals surface area contributed by atoms with Gasteiger partial charge >= 0.3 is 0 Å². The molecule has 1 saturated heterocycles. The van der Waals surface area contributed by atoms with Crippen molar-refractivity contribution in [2.24, 2.45) is 11.8 Å². The maximum Gasteiger partial charge on any atom is 0.257 e. The largest absolute Gasteiger partial charge is 0.338 e. The number of likely N-dealkylation sites (tertiary alicyclic amines) is 1. The van der Waals surface area contributed by atoms with Crippen molar-refractivity contribution in [1.82, 2.24) is 14.7 Å². The molecule has 1 saturated carbocycles. The zero-order valence-corrected chi connectivity index (χ0v) is 16.9. The van der Waals surface area contributed by atoms with Crippen LogP contribution in [-0.4, -0.2) is 33.7 Å². The standard InChI is InChI=1S/C23H31N3O/c1-16-8-10-19(11-9-16)14-26-18(3)22(17(2)24-26)23(27)25-13-12-20-6-4-5-7-21(20)15-25/h8-11,20-21H,4-7,12-15H2,1-3H3/t20-,21+/m0/s1. The molecule has 4 rings (SSSR count). The first-order chi connectivity index (χ1) is 13.0. The third-order valence-electron chi connectivity index (χ3n) is 6.63. The first-order valence-electron chi connectivity index (χ1n) is 10.4. The van der Waals surface area contributed by atoms with Gasteiger partial charge in [0, 0.05) is 18.8 Å². The lowest BCUT2D eigenvalue weighted by atomic mass is 9.75. The van der Waals surface area contributed by atoms with Crippen LogP contribution in [0.3, 0.4) is 0 Å². The van der Waals surface area contributed by atoms with Crippen molar-refractivity contribution < 1.29 is 4.79 Å². The summed E-state index contributed by atoms with van der Waals surface area (Å²) in [6.07, 6.45) is 6.53. The Labute approximate surface area is 162 Å². The fourth-order valence-electron chi connectivity index (χ4n) is 4.97. The highest BCUT2D eigenvalue weighted by molar-refractivity contribution is 5.96. The van der Waals surface area contributed by atoms with Crippen LogP contribution in [0.4, 0.5) is 0 Å². The number of piperidine rings is 1. The molecule has 2 heterocycles. The Morgan fingerprint density at radius 3 is 2.48 bits per heavy atom. The van der Waals surface area contributed by atoms with E-state index in [0.717, 1.165) is 36.0 Å². The summed E-state index contributed by atoms with van der Waals surface area (Å²) in [7, 11) is 0. The van der Waals surface area contributed by atoms with E-state index in [2.05, 4.69) is 36.1 Å². The Kier molecular flexibility index (Phi) is 5.07. The lowest BCUT2D eigenvalue weighted by molar-refractivity contribution is 0.0519. The average Bonchev–Trinajstić information content (AvgIpc) is 2.96. The predicted molar refractivity (Wildman–Crippen MR) is 108 cm³/mol. The van der Waals surface area contributed by atoms with Gasteiger partial charge in [0.05, 0.1) is 17.8 Å². The van der Waals surface area contributed by atoms with E-state index in [0.29, 0.717) is 12.5 Å². The average molecular weight is 366 g/mol. The number of rotatable bonds is 3. The number of fused-ring (bicyclic) bond motifs is 1. The molecule has 4 heteroatoms. The summed E-state index contributed by atoms with van der Waals surface area (Å²) in [4.78, 5) is 15.4. The van der Waals surface area contributed by atoms with E-state index in [1.54, 1.807) is 0 Å². The number of nitrogens with zero attached hydrogens (tertiary/aromatic N) is 3. The number of carbonyl (C=O) groups excluding carboxylic acids is 1. The van der Waals surface area contributed by atoms with Crippen molar-refractivity contribution in [3.05, 3.63) is 52.3 Å². The summed E-state index contributed by atoms with van der Waals surface area (Å²) in [5, 5.41) is 4.69. The molecule has 0 bridgehead atoms. The highest BCUT2D eigenvalue weighted by atomic mass is 16.2. The maximum absolute atomic E-state index is 13.3. The number of benzene rings is 1. The molecule has 27 heavy (non-hydrogen) atoms. The summed E-state index contributed by atoms with van der Waals surface area (Å²) < 4.78 is 1.99. The van der Waals surface area contributed by atoms with Crippen LogP contribution in [-0.2, 0) is 6.54 Å². The summed E-state index contributed by atoms with van der Waals surface area (Å²) in [5.41, 5.74) is 5.14. The molecule has 1 aromatic heterocycles.